The molecule has 0 heterocycles. The van der Waals surface area contributed by atoms with Crippen LogP contribution in [0.4, 0.5) is 10.1 Å². The largest absolute Gasteiger partial charge is 0.269 e. The molecular formula is C13H6FIN2O2. The van der Waals surface area contributed by atoms with Gasteiger partial charge in [-0.1, -0.05) is 6.07 Å². The molecule has 0 N–H and O–H groups in total. The van der Waals surface area contributed by atoms with Gasteiger partial charge in [0, 0.05) is 17.7 Å². The van der Waals surface area contributed by atoms with Gasteiger partial charge in [-0.3, -0.25) is 10.1 Å². The van der Waals surface area contributed by atoms with Gasteiger partial charge in [-0.05, 0) is 46.4 Å². The van der Waals surface area contributed by atoms with Gasteiger partial charge in [0.2, 0.25) is 0 Å². The van der Waals surface area contributed by atoms with E-state index in [4.69, 9.17) is 5.26 Å². The zero-order valence-electron chi connectivity index (χ0n) is 9.43. The minimum absolute atomic E-state index is 0.0479. The van der Waals surface area contributed by atoms with E-state index >= 15 is 0 Å². The SMILES string of the molecule is N#Cc1c(-c2ccc([N+](=O)[O-])cc2)ccc(I)c1F. The Morgan fingerprint density at radius 3 is 2.37 bits per heavy atom. The maximum Gasteiger partial charge on any atom is 0.269 e. The van der Waals surface area contributed by atoms with E-state index in [2.05, 4.69) is 0 Å². The van der Waals surface area contributed by atoms with Crippen LogP contribution >= 0.6 is 22.6 Å². The second kappa shape index (κ2) is 5.32. The minimum Gasteiger partial charge on any atom is -0.258 e. The predicted molar refractivity (Wildman–Crippen MR) is 75.9 cm³/mol. The second-order valence-corrected chi connectivity index (χ2v) is 4.86. The Kier molecular flexibility index (Phi) is 3.76. The summed E-state index contributed by atoms with van der Waals surface area (Å²) >= 11 is 1.81. The van der Waals surface area contributed by atoms with Crippen LogP contribution in [-0.2, 0) is 0 Å². The summed E-state index contributed by atoms with van der Waals surface area (Å²) in [6, 6.07) is 10.7. The van der Waals surface area contributed by atoms with Crippen LogP contribution in [0.2, 0.25) is 0 Å². The van der Waals surface area contributed by atoms with Crippen molar-refractivity contribution in [1.82, 2.24) is 0 Å². The number of nitriles is 1. The molecule has 0 amide bonds. The van der Waals surface area contributed by atoms with Gasteiger partial charge in [-0.15, -0.1) is 0 Å². The van der Waals surface area contributed by atoms with E-state index in [9.17, 15) is 14.5 Å². The molecule has 2 aromatic carbocycles. The second-order valence-electron chi connectivity index (χ2n) is 3.70. The Morgan fingerprint density at radius 2 is 1.84 bits per heavy atom. The molecule has 0 unspecified atom stereocenters. The fourth-order valence-electron chi connectivity index (χ4n) is 1.66. The number of non-ortho nitro benzene ring substituents is 1. The van der Waals surface area contributed by atoms with Crippen molar-refractivity contribution in [3.8, 4) is 17.2 Å². The van der Waals surface area contributed by atoms with E-state index in [-0.39, 0.29) is 11.3 Å². The standard InChI is InChI=1S/C13H6FIN2O2/c14-13-11(7-16)10(5-6-12(13)15)8-1-3-9(4-2-8)17(18)19/h1-6H. The fourth-order valence-corrected chi connectivity index (χ4v) is 2.11. The average Bonchev–Trinajstić information content (AvgIpc) is 2.41. The van der Waals surface area contributed by atoms with Crippen LogP contribution in [0.5, 0.6) is 0 Å². The number of halogens is 2. The van der Waals surface area contributed by atoms with Crippen molar-refractivity contribution >= 4 is 28.3 Å². The molecule has 0 aliphatic heterocycles. The Balaban J connectivity index is 2.57. The van der Waals surface area contributed by atoms with E-state index in [1.165, 1.54) is 24.3 Å². The molecule has 0 spiro atoms. The first-order valence-electron chi connectivity index (χ1n) is 5.17. The molecule has 0 saturated carbocycles. The monoisotopic (exact) mass is 368 g/mol. The third-order valence-electron chi connectivity index (χ3n) is 2.60. The van der Waals surface area contributed by atoms with E-state index in [1.807, 2.05) is 28.7 Å². The van der Waals surface area contributed by atoms with Crippen LogP contribution in [0.1, 0.15) is 5.56 Å². The van der Waals surface area contributed by atoms with Crippen LogP contribution in [0.3, 0.4) is 0 Å². The topological polar surface area (TPSA) is 66.9 Å². The van der Waals surface area contributed by atoms with Crippen molar-refractivity contribution in [3.05, 3.63) is 61.5 Å². The molecule has 0 atom stereocenters. The Bertz CT molecular complexity index is 693. The molecule has 19 heavy (non-hydrogen) atoms. The molecule has 0 aromatic heterocycles. The lowest BCUT2D eigenvalue weighted by atomic mass is 10.00. The van der Waals surface area contributed by atoms with E-state index < -0.39 is 10.7 Å². The number of rotatable bonds is 2. The molecule has 0 saturated heterocycles. The highest BCUT2D eigenvalue weighted by atomic mass is 127. The first-order valence-corrected chi connectivity index (χ1v) is 6.25. The van der Waals surface area contributed by atoms with Gasteiger partial charge in [0.1, 0.15) is 6.07 Å². The Labute approximate surface area is 121 Å². The summed E-state index contributed by atoms with van der Waals surface area (Å²) in [6.07, 6.45) is 0. The highest BCUT2D eigenvalue weighted by Crippen LogP contribution is 2.29. The number of nitro benzene ring substituents is 1. The van der Waals surface area contributed by atoms with Crippen LogP contribution in [0.15, 0.2) is 36.4 Å². The summed E-state index contributed by atoms with van der Waals surface area (Å²) in [5, 5.41) is 19.6. The molecule has 0 radical (unpaired) electrons. The number of hydrogen-bond acceptors (Lipinski definition) is 3. The smallest absolute Gasteiger partial charge is 0.258 e. The summed E-state index contributed by atoms with van der Waals surface area (Å²) in [7, 11) is 0. The molecule has 94 valence electrons. The van der Waals surface area contributed by atoms with Crippen molar-refractivity contribution in [2.24, 2.45) is 0 Å². The summed E-state index contributed by atoms with van der Waals surface area (Å²) in [6.45, 7) is 0. The zero-order valence-corrected chi connectivity index (χ0v) is 11.6. The van der Waals surface area contributed by atoms with Crippen molar-refractivity contribution in [3.63, 3.8) is 0 Å². The molecule has 2 aromatic rings. The van der Waals surface area contributed by atoms with Crippen LogP contribution < -0.4 is 0 Å². The number of benzene rings is 2. The molecule has 0 bridgehead atoms. The number of hydrogen-bond donors (Lipinski definition) is 0. The van der Waals surface area contributed by atoms with Crippen LogP contribution in [-0.4, -0.2) is 4.92 Å². The lowest BCUT2D eigenvalue weighted by Crippen LogP contribution is -1.93. The van der Waals surface area contributed by atoms with Gasteiger partial charge < -0.3 is 0 Å². The van der Waals surface area contributed by atoms with E-state index in [1.54, 1.807) is 12.1 Å². The lowest BCUT2D eigenvalue weighted by molar-refractivity contribution is -0.384. The first-order chi connectivity index (χ1) is 9.04. The Morgan fingerprint density at radius 1 is 1.21 bits per heavy atom. The molecule has 0 fully saturated rings. The van der Waals surface area contributed by atoms with Gasteiger partial charge >= 0.3 is 0 Å². The highest BCUT2D eigenvalue weighted by molar-refractivity contribution is 14.1. The molecule has 0 aliphatic carbocycles. The van der Waals surface area contributed by atoms with Crippen LogP contribution in [0.25, 0.3) is 11.1 Å². The normalized spacial score (nSPS) is 9.95. The Hall–Kier alpha value is -2.01. The quantitative estimate of drug-likeness (QED) is 0.459. The van der Waals surface area contributed by atoms with Gasteiger partial charge in [-0.2, -0.15) is 5.26 Å². The summed E-state index contributed by atoms with van der Waals surface area (Å²) in [4.78, 5) is 10.1. The summed E-state index contributed by atoms with van der Waals surface area (Å²) in [5.41, 5.74) is 0.891. The van der Waals surface area contributed by atoms with Gasteiger partial charge in [-0.25, -0.2) is 4.39 Å². The van der Waals surface area contributed by atoms with Crippen molar-refractivity contribution < 1.29 is 9.31 Å². The molecule has 6 heteroatoms. The third-order valence-corrected chi connectivity index (χ3v) is 3.43. The minimum atomic E-state index is -0.570. The molecule has 2 rings (SSSR count). The highest BCUT2D eigenvalue weighted by Gasteiger charge is 2.14. The zero-order chi connectivity index (χ0) is 14.0. The maximum absolute atomic E-state index is 13.8. The third kappa shape index (κ3) is 2.56. The van der Waals surface area contributed by atoms with Crippen LogP contribution in [0, 0.1) is 30.8 Å². The fraction of sp³-hybridized carbons (Fsp3) is 0. The summed E-state index contributed by atoms with van der Waals surface area (Å²) < 4.78 is 14.2. The van der Waals surface area contributed by atoms with E-state index in [0.717, 1.165) is 0 Å². The average molecular weight is 368 g/mol. The van der Waals surface area contributed by atoms with E-state index in [0.29, 0.717) is 14.7 Å². The van der Waals surface area contributed by atoms with Crippen molar-refractivity contribution in [2.75, 3.05) is 0 Å². The van der Waals surface area contributed by atoms with Gasteiger partial charge in [0.25, 0.3) is 5.69 Å². The first kappa shape index (κ1) is 13.4. The molecule has 0 aliphatic rings. The lowest BCUT2D eigenvalue weighted by Gasteiger charge is -2.06. The number of nitrogens with zero attached hydrogens (tertiary/aromatic N) is 2. The molecule has 4 nitrogen and oxygen atoms in total. The van der Waals surface area contributed by atoms with Crippen molar-refractivity contribution in [2.45, 2.75) is 0 Å². The van der Waals surface area contributed by atoms with Gasteiger partial charge in [0.15, 0.2) is 5.82 Å². The maximum atomic E-state index is 13.8. The van der Waals surface area contributed by atoms with Crippen molar-refractivity contribution in [1.29, 1.82) is 5.26 Å². The predicted octanol–water partition coefficient (Wildman–Crippen LogP) is 3.88. The van der Waals surface area contributed by atoms with Gasteiger partial charge in [0.05, 0.1) is 14.1 Å². The number of nitro groups is 1. The summed E-state index contributed by atoms with van der Waals surface area (Å²) in [5.74, 6) is -0.570. The molecular weight excluding hydrogens is 362 g/mol.